The van der Waals surface area contributed by atoms with Gasteiger partial charge in [0.15, 0.2) is 5.96 Å². The summed E-state index contributed by atoms with van der Waals surface area (Å²) in [6.45, 7) is 8.60. The van der Waals surface area contributed by atoms with Crippen LogP contribution in [0.1, 0.15) is 58.3 Å². The van der Waals surface area contributed by atoms with Gasteiger partial charge in [0.25, 0.3) is 0 Å². The van der Waals surface area contributed by atoms with Crippen LogP contribution in [-0.4, -0.2) is 75.0 Å². The predicted octanol–water partition coefficient (Wildman–Crippen LogP) is 2.14. The van der Waals surface area contributed by atoms with Crippen LogP contribution in [0.25, 0.3) is 0 Å². The summed E-state index contributed by atoms with van der Waals surface area (Å²) in [6.07, 6.45) is 10.9. The highest BCUT2D eigenvalue weighted by Crippen LogP contribution is 2.22. The minimum absolute atomic E-state index is 0.231. The van der Waals surface area contributed by atoms with Crippen LogP contribution in [-0.2, 0) is 9.47 Å². The number of hydrogen-bond donors (Lipinski definition) is 2. The first kappa shape index (κ1) is 19.9. The molecule has 0 aromatic heterocycles. The van der Waals surface area contributed by atoms with Crippen molar-refractivity contribution in [2.45, 2.75) is 76.5 Å². The number of aliphatic imine (C=N–C) groups is 1. The first-order chi connectivity index (χ1) is 12.8. The summed E-state index contributed by atoms with van der Waals surface area (Å²) in [5.41, 5.74) is 0. The summed E-state index contributed by atoms with van der Waals surface area (Å²) < 4.78 is 12.0. The average molecular weight is 367 g/mol. The van der Waals surface area contributed by atoms with E-state index < -0.39 is 0 Å². The molecule has 2 heterocycles. The van der Waals surface area contributed by atoms with Crippen molar-refractivity contribution in [3.05, 3.63) is 0 Å². The van der Waals surface area contributed by atoms with E-state index in [2.05, 4.69) is 22.5 Å². The summed E-state index contributed by atoms with van der Waals surface area (Å²) in [7, 11) is 0. The van der Waals surface area contributed by atoms with Crippen LogP contribution in [0.5, 0.6) is 0 Å². The molecule has 0 bridgehead atoms. The van der Waals surface area contributed by atoms with Gasteiger partial charge in [0, 0.05) is 32.3 Å². The lowest BCUT2D eigenvalue weighted by atomic mass is 9.98. The number of morpholine rings is 1. The number of guanidine groups is 1. The van der Waals surface area contributed by atoms with Gasteiger partial charge in [-0.3, -0.25) is 9.89 Å². The van der Waals surface area contributed by atoms with Crippen LogP contribution in [0.2, 0.25) is 0 Å². The number of nitrogens with one attached hydrogen (secondary N) is 2. The standard InChI is InChI=1S/C20H38N4O2/c1-2-21-20(22-11-7-13-25-18-9-4-3-5-10-18)23-14-19-15-24-12-6-8-17(24)16-26-19/h17-19H,2-16H2,1H3,(H2,21,22,23). The van der Waals surface area contributed by atoms with Crippen LogP contribution >= 0.6 is 0 Å². The van der Waals surface area contributed by atoms with Gasteiger partial charge in [0.1, 0.15) is 0 Å². The normalized spacial score (nSPS) is 28.1. The summed E-state index contributed by atoms with van der Waals surface area (Å²) >= 11 is 0. The largest absolute Gasteiger partial charge is 0.378 e. The fourth-order valence-electron chi connectivity index (χ4n) is 4.29. The quantitative estimate of drug-likeness (QED) is 0.392. The molecule has 2 unspecified atom stereocenters. The van der Waals surface area contributed by atoms with Gasteiger partial charge in [0.2, 0.25) is 0 Å². The van der Waals surface area contributed by atoms with E-state index >= 15 is 0 Å². The Morgan fingerprint density at radius 1 is 1.15 bits per heavy atom. The molecule has 150 valence electrons. The van der Waals surface area contributed by atoms with Crippen molar-refractivity contribution in [2.75, 3.05) is 45.9 Å². The molecule has 3 aliphatic rings. The summed E-state index contributed by atoms with van der Waals surface area (Å²) in [5, 5.41) is 6.77. The SMILES string of the molecule is CCNC(=NCC1CN2CCCC2CO1)NCCCOC1CCCCC1. The fourth-order valence-corrected chi connectivity index (χ4v) is 4.29. The molecular formula is C20H38N4O2. The Labute approximate surface area is 159 Å². The summed E-state index contributed by atoms with van der Waals surface area (Å²) in [4.78, 5) is 7.32. The number of rotatable bonds is 8. The Hall–Kier alpha value is -0.850. The molecule has 6 nitrogen and oxygen atoms in total. The van der Waals surface area contributed by atoms with Crippen molar-refractivity contribution in [2.24, 2.45) is 4.99 Å². The molecule has 26 heavy (non-hydrogen) atoms. The highest BCUT2D eigenvalue weighted by Gasteiger charge is 2.31. The first-order valence-electron chi connectivity index (χ1n) is 10.8. The lowest BCUT2D eigenvalue weighted by Gasteiger charge is -2.34. The molecule has 2 N–H and O–H groups in total. The molecule has 1 aliphatic carbocycles. The Morgan fingerprint density at radius 3 is 2.88 bits per heavy atom. The van der Waals surface area contributed by atoms with E-state index in [9.17, 15) is 0 Å². The van der Waals surface area contributed by atoms with Crippen molar-refractivity contribution in [3.63, 3.8) is 0 Å². The van der Waals surface area contributed by atoms with Crippen LogP contribution in [0.3, 0.4) is 0 Å². The van der Waals surface area contributed by atoms with E-state index in [1.54, 1.807) is 0 Å². The van der Waals surface area contributed by atoms with Gasteiger partial charge in [-0.2, -0.15) is 0 Å². The molecule has 0 amide bonds. The lowest BCUT2D eigenvalue weighted by molar-refractivity contribution is -0.0432. The predicted molar refractivity (Wildman–Crippen MR) is 106 cm³/mol. The van der Waals surface area contributed by atoms with Gasteiger partial charge in [-0.05, 0) is 45.6 Å². The molecule has 0 aromatic rings. The Kier molecular flexibility index (Phi) is 8.49. The van der Waals surface area contributed by atoms with Crippen molar-refractivity contribution in [3.8, 4) is 0 Å². The van der Waals surface area contributed by atoms with Crippen molar-refractivity contribution < 1.29 is 9.47 Å². The van der Waals surface area contributed by atoms with Crippen LogP contribution in [0, 0.1) is 0 Å². The zero-order valence-corrected chi connectivity index (χ0v) is 16.5. The zero-order chi connectivity index (χ0) is 18.0. The van der Waals surface area contributed by atoms with E-state index in [1.165, 1.54) is 51.5 Å². The first-order valence-corrected chi connectivity index (χ1v) is 10.8. The molecule has 2 atom stereocenters. The van der Waals surface area contributed by atoms with Crippen LogP contribution in [0.15, 0.2) is 4.99 Å². The highest BCUT2D eigenvalue weighted by molar-refractivity contribution is 5.79. The van der Waals surface area contributed by atoms with Crippen LogP contribution < -0.4 is 10.6 Å². The van der Waals surface area contributed by atoms with E-state index in [0.717, 1.165) is 51.8 Å². The van der Waals surface area contributed by atoms with Gasteiger partial charge < -0.3 is 20.1 Å². The Bertz CT molecular complexity index is 426. The Balaban J connectivity index is 1.31. The topological polar surface area (TPSA) is 58.1 Å². The maximum absolute atomic E-state index is 6.01. The van der Waals surface area contributed by atoms with Gasteiger partial charge in [-0.15, -0.1) is 0 Å². The maximum Gasteiger partial charge on any atom is 0.191 e. The van der Waals surface area contributed by atoms with E-state index in [0.29, 0.717) is 12.1 Å². The molecule has 3 rings (SSSR count). The smallest absolute Gasteiger partial charge is 0.191 e. The molecule has 3 fully saturated rings. The molecule has 1 saturated carbocycles. The fraction of sp³-hybridized carbons (Fsp3) is 0.950. The number of hydrogen-bond acceptors (Lipinski definition) is 4. The second kappa shape index (κ2) is 11.1. The van der Waals surface area contributed by atoms with Crippen molar-refractivity contribution >= 4 is 5.96 Å². The van der Waals surface area contributed by atoms with Crippen molar-refractivity contribution in [1.82, 2.24) is 15.5 Å². The molecule has 6 heteroatoms. The van der Waals surface area contributed by atoms with Gasteiger partial charge in [0.05, 0.1) is 25.4 Å². The minimum atomic E-state index is 0.231. The molecule has 0 aromatic carbocycles. The minimum Gasteiger partial charge on any atom is -0.378 e. The summed E-state index contributed by atoms with van der Waals surface area (Å²) in [6, 6.07) is 0.658. The number of nitrogens with zero attached hydrogens (tertiary/aromatic N) is 2. The summed E-state index contributed by atoms with van der Waals surface area (Å²) in [5.74, 6) is 0.900. The highest BCUT2D eigenvalue weighted by atomic mass is 16.5. The zero-order valence-electron chi connectivity index (χ0n) is 16.5. The monoisotopic (exact) mass is 366 g/mol. The molecular weight excluding hydrogens is 328 g/mol. The van der Waals surface area contributed by atoms with Gasteiger partial charge in [-0.25, -0.2) is 0 Å². The second-order valence-electron chi connectivity index (χ2n) is 7.88. The Morgan fingerprint density at radius 2 is 2.04 bits per heavy atom. The van der Waals surface area contributed by atoms with Gasteiger partial charge >= 0.3 is 0 Å². The third kappa shape index (κ3) is 6.39. The molecule has 0 radical (unpaired) electrons. The van der Waals surface area contributed by atoms with E-state index in [-0.39, 0.29) is 6.10 Å². The number of ether oxygens (including phenoxy) is 2. The lowest BCUT2D eigenvalue weighted by Crippen LogP contribution is -2.47. The van der Waals surface area contributed by atoms with E-state index in [4.69, 9.17) is 14.5 Å². The third-order valence-electron chi connectivity index (χ3n) is 5.78. The number of fused-ring (bicyclic) bond motifs is 1. The second-order valence-corrected chi connectivity index (χ2v) is 7.88. The molecule has 2 aliphatic heterocycles. The molecule has 0 spiro atoms. The third-order valence-corrected chi connectivity index (χ3v) is 5.78. The van der Waals surface area contributed by atoms with E-state index in [1.807, 2.05) is 0 Å². The average Bonchev–Trinajstić information content (AvgIpc) is 3.14. The van der Waals surface area contributed by atoms with Gasteiger partial charge in [-0.1, -0.05) is 19.3 Å². The maximum atomic E-state index is 6.01. The van der Waals surface area contributed by atoms with Crippen molar-refractivity contribution in [1.29, 1.82) is 0 Å². The van der Waals surface area contributed by atoms with Crippen LogP contribution in [0.4, 0.5) is 0 Å². The molecule has 2 saturated heterocycles.